The van der Waals surface area contributed by atoms with Crippen molar-refractivity contribution in [2.24, 2.45) is 0 Å². The van der Waals surface area contributed by atoms with Gasteiger partial charge in [-0.25, -0.2) is 0 Å². The van der Waals surface area contributed by atoms with Gasteiger partial charge < -0.3 is 4.74 Å². The molecule has 1 nitrogen and oxygen atoms in total. The lowest BCUT2D eigenvalue weighted by Crippen LogP contribution is -2.14. The minimum absolute atomic E-state index is 0.139. The van der Waals surface area contributed by atoms with E-state index in [1.807, 2.05) is 0 Å². The maximum Gasteiger partial charge on any atom is 0.127 e. The molecule has 1 aliphatic heterocycles. The SMILES string of the molecule is CC(C)(C)c1ccc2c(c1)C(c1ccccc1)=C(I)CO2. The van der Waals surface area contributed by atoms with E-state index in [1.165, 1.54) is 25.8 Å². The Bertz CT molecular complexity index is 693. The number of benzene rings is 2. The van der Waals surface area contributed by atoms with Crippen LogP contribution in [0.1, 0.15) is 37.5 Å². The van der Waals surface area contributed by atoms with Crippen LogP contribution in [-0.4, -0.2) is 6.61 Å². The first-order chi connectivity index (χ1) is 9.97. The van der Waals surface area contributed by atoms with Gasteiger partial charge in [-0.3, -0.25) is 0 Å². The van der Waals surface area contributed by atoms with Crippen molar-refractivity contribution in [3.05, 3.63) is 68.8 Å². The van der Waals surface area contributed by atoms with Crippen LogP contribution in [0.2, 0.25) is 0 Å². The van der Waals surface area contributed by atoms with Crippen LogP contribution in [0, 0.1) is 0 Å². The van der Waals surface area contributed by atoms with E-state index in [1.54, 1.807) is 0 Å². The number of ether oxygens (including phenoxy) is 1. The van der Waals surface area contributed by atoms with E-state index in [9.17, 15) is 0 Å². The molecule has 0 N–H and O–H groups in total. The lowest BCUT2D eigenvalue weighted by molar-refractivity contribution is 0.355. The van der Waals surface area contributed by atoms with Crippen molar-refractivity contribution < 1.29 is 4.74 Å². The highest BCUT2D eigenvalue weighted by atomic mass is 127. The molecule has 0 spiro atoms. The molecule has 3 rings (SSSR count). The molecule has 0 aromatic heterocycles. The van der Waals surface area contributed by atoms with Gasteiger partial charge in [0.1, 0.15) is 12.4 Å². The molecular formula is C19H19IO. The third-order valence-corrected chi connectivity index (χ3v) is 4.65. The maximum absolute atomic E-state index is 5.89. The van der Waals surface area contributed by atoms with Gasteiger partial charge in [0.2, 0.25) is 0 Å². The Morgan fingerprint density at radius 3 is 2.38 bits per heavy atom. The summed E-state index contributed by atoms with van der Waals surface area (Å²) in [6, 6.07) is 17.2. The van der Waals surface area contributed by atoms with Gasteiger partial charge in [0.25, 0.3) is 0 Å². The number of halogens is 1. The Hall–Kier alpha value is -1.29. The molecule has 0 aliphatic carbocycles. The molecule has 108 valence electrons. The molecule has 0 saturated carbocycles. The standard InChI is InChI=1S/C19H19IO/c1-19(2,3)14-9-10-17-15(11-14)18(16(20)12-21-17)13-7-5-4-6-8-13/h4-11H,12H2,1-3H3. The van der Waals surface area contributed by atoms with Crippen molar-refractivity contribution in [3.63, 3.8) is 0 Å². The Morgan fingerprint density at radius 1 is 1.00 bits per heavy atom. The van der Waals surface area contributed by atoms with Gasteiger partial charge in [-0.2, -0.15) is 0 Å². The second-order valence-electron chi connectivity index (χ2n) is 6.40. The highest BCUT2D eigenvalue weighted by Gasteiger charge is 2.23. The average Bonchev–Trinajstić information content (AvgIpc) is 2.46. The van der Waals surface area contributed by atoms with Gasteiger partial charge in [-0.15, -0.1) is 0 Å². The van der Waals surface area contributed by atoms with E-state index in [0.717, 1.165) is 5.75 Å². The summed E-state index contributed by atoms with van der Waals surface area (Å²) in [6.45, 7) is 7.40. The number of fused-ring (bicyclic) bond motifs is 1. The molecule has 0 radical (unpaired) electrons. The van der Waals surface area contributed by atoms with Crippen molar-refractivity contribution in [3.8, 4) is 5.75 Å². The van der Waals surface area contributed by atoms with Crippen LogP contribution in [0.3, 0.4) is 0 Å². The topological polar surface area (TPSA) is 9.23 Å². The first-order valence-corrected chi connectivity index (χ1v) is 8.26. The largest absolute Gasteiger partial charge is 0.488 e. The summed E-state index contributed by atoms with van der Waals surface area (Å²) in [5.74, 6) is 0.988. The zero-order valence-electron chi connectivity index (χ0n) is 12.6. The smallest absolute Gasteiger partial charge is 0.127 e. The molecule has 0 fully saturated rings. The van der Waals surface area contributed by atoms with Crippen LogP contribution >= 0.6 is 22.6 Å². The fourth-order valence-electron chi connectivity index (χ4n) is 2.59. The van der Waals surface area contributed by atoms with Crippen molar-refractivity contribution in [1.82, 2.24) is 0 Å². The van der Waals surface area contributed by atoms with Crippen LogP contribution in [0.5, 0.6) is 5.75 Å². The molecule has 0 saturated heterocycles. The van der Waals surface area contributed by atoms with Crippen molar-refractivity contribution in [2.45, 2.75) is 26.2 Å². The summed E-state index contributed by atoms with van der Waals surface area (Å²) >= 11 is 2.41. The van der Waals surface area contributed by atoms with Crippen LogP contribution in [-0.2, 0) is 5.41 Å². The Kier molecular flexibility index (Phi) is 3.82. The molecular weight excluding hydrogens is 371 g/mol. The number of rotatable bonds is 1. The summed E-state index contributed by atoms with van der Waals surface area (Å²) in [5, 5.41) is 0. The Balaban J connectivity index is 2.19. The first-order valence-electron chi connectivity index (χ1n) is 7.18. The second kappa shape index (κ2) is 5.48. The van der Waals surface area contributed by atoms with Gasteiger partial charge in [0, 0.05) is 14.7 Å². The molecule has 0 atom stereocenters. The summed E-state index contributed by atoms with van der Waals surface area (Å²) in [4.78, 5) is 0. The van der Waals surface area contributed by atoms with Gasteiger partial charge in [-0.1, -0.05) is 57.2 Å². The summed E-state index contributed by atoms with van der Waals surface area (Å²) in [5.41, 5.74) is 5.26. The van der Waals surface area contributed by atoms with E-state index in [4.69, 9.17) is 4.74 Å². The summed E-state index contributed by atoms with van der Waals surface area (Å²) in [7, 11) is 0. The van der Waals surface area contributed by atoms with Crippen molar-refractivity contribution >= 4 is 28.2 Å². The van der Waals surface area contributed by atoms with Crippen molar-refractivity contribution in [2.75, 3.05) is 6.61 Å². The highest BCUT2D eigenvalue weighted by molar-refractivity contribution is 14.1. The van der Waals surface area contributed by atoms with E-state index in [-0.39, 0.29) is 5.41 Å². The van der Waals surface area contributed by atoms with Gasteiger partial charge in [0.15, 0.2) is 0 Å². The lowest BCUT2D eigenvalue weighted by Gasteiger charge is -2.26. The predicted octanol–water partition coefficient (Wildman–Crippen LogP) is 5.57. The third kappa shape index (κ3) is 2.86. The van der Waals surface area contributed by atoms with Crippen LogP contribution in [0.15, 0.2) is 52.1 Å². The molecule has 1 aliphatic rings. The highest BCUT2D eigenvalue weighted by Crippen LogP contribution is 2.41. The second-order valence-corrected chi connectivity index (χ2v) is 7.70. The van der Waals surface area contributed by atoms with Crippen LogP contribution < -0.4 is 4.74 Å². The Morgan fingerprint density at radius 2 is 1.71 bits per heavy atom. The van der Waals surface area contributed by atoms with E-state index in [0.29, 0.717) is 6.61 Å². The fraction of sp³-hybridized carbons (Fsp3) is 0.263. The molecule has 2 heteroatoms. The molecule has 2 aromatic rings. The summed E-state index contributed by atoms with van der Waals surface area (Å²) in [6.07, 6.45) is 0. The lowest BCUT2D eigenvalue weighted by atomic mass is 9.84. The average molecular weight is 390 g/mol. The monoisotopic (exact) mass is 390 g/mol. The maximum atomic E-state index is 5.89. The minimum Gasteiger partial charge on any atom is -0.488 e. The molecule has 1 heterocycles. The van der Waals surface area contributed by atoms with Crippen molar-refractivity contribution in [1.29, 1.82) is 0 Å². The van der Waals surface area contributed by atoms with Gasteiger partial charge in [-0.05, 0) is 51.3 Å². The van der Waals surface area contributed by atoms with E-state index >= 15 is 0 Å². The van der Waals surface area contributed by atoms with Gasteiger partial charge in [0.05, 0.1) is 0 Å². The molecule has 0 bridgehead atoms. The van der Waals surface area contributed by atoms with Crippen LogP contribution in [0.25, 0.3) is 5.57 Å². The number of hydrogen-bond acceptors (Lipinski definition) is 1. The first kappa shape index (κ1) is 14.6. The third-order valence-electron chi connectivity index (χ3n) is 3.80. The molecule has 0 amide bonds. The Labute approximate surface area is 140 Å². The molecule has 2 aromatic carbocycles. The predicted molar refractivity (Wildman–Crippen MR) is 97.1 cm³/mol. The zero-order chi connectivity index (χ0) is 15.0. The fourth-order valence-corrected chi connectivity index (χ4v) is 3.35. The summed E-state index contributed by atoms with van der Waals surface area (Å²) < 4.78 is 7.15. The van der Waals surface area contributed by atoms with Gasteiger partial charge >= 0.3 is 0 Å². The number of hydrogen-bond donors (Lipinski definition) is 0. The molecule has 0 unspecified atom stereocenters. The normalized spacial score (nSPS) is 14.7. The molecule has 21 heavy (non-hydrogen) atoms. The van der Waals surface area contributed by atoms with Crippen LogP contribution in [0.4, 0.5) is 0 Å². The quantitative estimate of drug-likeness (QED) is 0.579. The van der Waals surface area contributed by atoms with E-state index in [2.05, 4.69) is 91.9 Å². The zero-order valence-corrected chi connectivity index (χ0v) is 14.8. The van der Waals surface area contributed by atoms with E-state index < -0.39 is 0 Å². The minimum atomic E-state index is 0.139.